The van der Waals surface area contributed by atoms with Gasteiger partial charge in [-0.3, -0.25) is 34.1 Å². The number of imide groups is 2. The molecule has 1 aliphatic carbocycles. The van der Waals surface area contributed by atoms with Crippen LogP contribution in [0.25, 0.3) is 0 Å². The molecule has 21 heavy (non-hydrogen) atoms. The fraction of sp³-hybridized carbons (Fsp3) is 0.333. The van der Waals surface area contributed by atoms with Gasteiger partial charge >= 0.3 is 23.6 Å². The first-order valence-electron chi connectivity index (χ1n) is 6.07. The van der Waals surface area contributed by atoms with Gasteiger partial charge in [0.2, 0.25) is 0 Å². The van der Waals surface area contributed by atoms with E-state index >= 15 is 0 Å². The van der Waals surface area contributed by atoms with Gasteiger partial charge in [0.15, 0.2) is 17.1 Å². The molecule has 2 rings (SSSR count). The van der Waals surface area contributed by atoms with Crippen LogP contribution in [0, 0.1) is 0 Å². The fourth-order valence-electron chi connectivity index (χ4n) is 2.34. The Hall–Kier alpha value is -2.68. The zero-order valence-electron chi connectivity index (χ0n) is 10.8. The van der Waals surface area contributed by atoms with Gasteiger partial charge in [-0.05, 0) is 31.5 Å². The molecule has 0 atom stereocenters. The third kappa shape index (κ3) is 1.98. The van der Waals surface area contributed by atoms with E-state index in [4.69, 9.17) is 5.73 Å². The molecule has 0 aromatic rings. The van der Waals surface area contributed by atoms with Crippen LogP contribution in [0.1, 0.15) is 12.8 Å². The molecule has 4 amide bonds. The molecule has 1 aliphatic heterocycles. The molecule has 0 unspecified atom stereocenters. The molecule has 1 saturated heterocycles. The van der Waals surface area contributed by atoms with E-state index < -0.39 is 40.7 Å². The lowest BCUT2D eigenvalue weighted by molar-refractivity contribution is -0.170. The number of hydrogen-bond donors (Lipinski definition) is 2. The molecule has 0 spiro atoms. The van der Waals surface area contributed by atoms with E-state index in [-0.39, 0.29) is 24.3 Å². The van der Waals surface area contributed by atoms with E-state index in [2.05, 4.69) is 0 Å². The van der Waals surface area contributed by atoms with Crippen molar-refractivity contribution in [3.05, 3.63) is 12.2 Å². The Balaban J connectivity index is 2.55. The minimum Gasteiger partial charge on any atom is -0.330 e. The van der Waals surface area contributed by atoms with Gasteiger partial charge in [-0.2, -0.15) is 0 Å². The third-order valence-corrected chi connectivity index (χ3v) is 3.35. The Morgan fingerprint density at radius 1 is 0.952 bits per heavy atom. The van der Waals surface area contributed by atoms with Gasteiger partial charge in [0.25, 0.3) is 0 Å². The van der Waals surface area contributed by atoms with Crippen molar-refractivity contribution >= 4 is 35.2 Å². The quantitative estimate of drug-likeness (QED) is 0.323. The van der Waals surface area contributed by atoms with E-state index in [1.807, 2.05) is 0 Å². The van der Waals surface area contributed by atoms with Gasteiger partial charge in [0, 0.05) is 0 Å². The van der Waals surface area contributed by atoms with Gasteiger partial charge in [-0.25, -0.2) is 4.90 Å². The summed E-state index contributed by atoms with van der Waals surface area (Å²) in [5, 5.41) is 1.55. The van der Waals surface area contributed by atoms with Gasteiger partial charge in [-0.15, -0.1) is 0 Å². The largest absolute Gasteiger partial charge is 0.330 e. The lowest BCUT2D eigenvalue weighted by Gasteiger charge is -2.37. The third-order valence-electron chi connectivity index (χ3n) is 3.35. The van der Waals surface area contributed by atoms with Crippen molar-refractivity contribution in [2.45, 2.75) is 18.4 Å². The maximum atomic E-state index is 12.1. The van der Waals surface area contributed by atoms with Crippen molar-refractivity contribution in [3.8, 4) is 0 Å². The van der Waals surface area contributed by atoms with Crippen LogP contribution < -0.4 is 11.1 Å². The zero-order valence-corrected chi connectivity index (χ0v) is 10.8. The molecule has 3 N–H and O–H groups in total. The average Bonchev–Trinajstić information content (AvgIpc) is 2.72. The smallest absolute Gasteiger partial charge is 0.320 e. The van der Waals surface area contributed by atoms with Crippen molar-refractivity contribution < 1.29 is 28.8 Å². The van der Waals surface area contributed by atoms with E-state index in [0.29, 0.717) is 0 Å². The summed E-state index contributed by atoms with van der Waals surface area (Å²) in [6.45, 7) is 0.0959. The van der Waals surface area contributed by atoms with Crippen LogP contribution in [0.15, 0.2) is 12.2 Å². The number of carbonyl (C=O) groups excluding carboxylic acids is 6. The number of rotatable bonds is 4. The summed E-state index contributed by atoms with van der Waals surface area (Å²) in [4.78, 5) is 70.9. The molecule has 1 heterocycles. The van der Waals surface area contributed by atoms with E-state index in [1.165, 1.54) is 0 Å². The van der Waals surface area contributed by atoms with Crippen LogP contribution in [-0.2, 0) is 28.8 Å². The van der Waals surface area contributed by atoms with Crippen molar-refractivity contribution in [1.82, 2.24) is 10.2 Å². The lowest BCUT2D eigenvalue weighted by Crippen LogP contribution is -2.70. The zero-order chi connectivity index (χ0) is 15.8. The first kappa shape index (κ1) is 14.7. The molecule has 0 aromatic heterocycles. The molecule has 0 radical (unpaired) electrons. The van der Waals surface area contributed by atoms with Crippen molar-refractivity contribution in [2.24, 2.45) is 5.73 Å². The molecule has 110 valence electrons. The molecule has 0 saturated carbocycles. The highest BCUT2D eigenvalue weighted by Gasteiger charge is 2.59. The van der Waals surface area contributed by atoms with E-state index in [9.17, 15) is 28.8 Å². The Labute approximate surface area is 118 Å². The Morgan fingerprint density at radius 2 is 1.43 bits per heavy atom. The molecule has 2 aliphatic rings. The Morgan fingerprint density at radius 3 is 1.86 bits per heavy atom. The highest BCUT2D eigenvalue weighted by atomic mass is 16.2. The van der Waals surface area contributed by atoms with Crippen LogP contribution in [0.4, 0.5) is 0 Å². The van der Waals surface area contributed by atoms with Gasteiger partial charge < -0.3 is 5.73 Å². The predicted octanol–water partition coefficient (Wildman–Crippen LogP) is -2.82. The van der Waals surface area contributed by atoms with Crippen LogP contribution >= 0.6 is 0 Å². The van der Waals surface area contributed by atoms with E-state index in [0.717, 1.165) is 12.2 Å². The number of nitrogens with two attached hydrogens (primary N) is 1. The second-order valence-corrected chi connectivity index (χ2v) is 4.54. The highest BCUT2D eigenvalue weighted by Crippen LogP contribution is 2.31. The van der Waals surface area contributed by atoms with Crippen molar-refractivity contribution in [2.75, 3.05) is 6.54 Å². The molecular formula is C12H11N3O6. The standard InChI is InChI=1S/C12H11N3O6/c13-5-1-4-12(6(16)2-3-7(12)17)15-10(20)8(18)14-9(19)11(15)21/h2-3H,1,4-5,13H2,(H,14,18,19). The molecule has 9 nitrogen and oxygen atoms in total. The number of carbonyl (C=O) groups is 6. The monoisotopic (exact) mass is 293 g/mol. The van der Waals surface area contributed by atoms with Crippen LogP contribution in [0.5, 0.6) is 0 Å². The fourth-order valence-corrected chi connectivity index (χ4v) is 2.34. The normalized spacial score (nSPS) is 21.3. The summed E-state index contributed by atoms with van der Waals surface area (Å²) < 4.78 is 0. The summed E-state index contributed by atoms with van der Waals surface area (Å²) in [6.07, 6.45) is 1.73. The van der Waals surface area contributed by atoms with E-state index in [1.54, 1.807) is 5.32 Å². The van der Waals surface area contributed by atoms with Gasteiger partial charge in [0.05, 0.1) is 0 Å². The number of hydrogen-bond acceptors (Lipinski definition) is 7. The number of amides is 4. The molecular weight excluding hydrogens is 282 g/mol. The predicted molar refractivity (Wildman–Crippen MR) is 65.2 cm³/mol. The van der Waals surface area contributed by atoms with Crippen molar-refractivity contribution in [1.29, 1.82) is 0 Å². The first-order valence-corrected chi connectivity index (χ1v) is 6.07. The first-order chi connectivity index (χ1) is 9.86. The molecule has 0 bridgehead atoms. The number of ketones is 2. The molecule has 0 aromatic carbocycles. The minimum atomic E-state index is -2.18. The minimum absolute atomic E-state index is 0.0959. The van der Waals surface area contributed by atoms with Crippen molar-refractivity contribution in [3.63, 3.8) is 0 Å². The SMILES string of the molecule is NCCCC1(N2C(=O)C(=O)NC(=O)C2=O)C(=O)C=CC1=O. The lowest BCUT2D eigenvalue weighted by atomic mass is 9.85. The van der Waals surface area contributed by atoms with Gasteiger partial charge in [0.1, 0.15) is 0 Å². The second kappa shape index (κ2) is 5.02. The number of piperazine rings is 1. The second-order valence-electron chi connectivity index (χ2n) is 4.54. The number of nitrogens with zero attached hydrogens (tertiary/aromatic N) is 1. The maximum Gasteiger partial charge on any atom is 0.320 e. The average molecular weight is 293 g/mol. The van der Waals surface area contributed by atoms with Crippen LogP contribution in [0.2, 0.25) is 0 Å². The Bertz CT molecular complexity index is 576. The summed E-state index contributed by atoms with van der Waals surface area (Å²) in [7, 11) is 0. The summed E-state index contributed by atoms with van der Waals surface area (Å²) in [5.41, 5.74) is 3.15. The van der Waals surface area contributed by atoms with Crippen LogP contribution in [-0.4, -0.2) is 52.2 Å². The maximum absolute atomic E-state index is 12.1. The summed E-state index contributed by atoms with van der Waals surface area (Å²) in [6, 6.07) is 0. The topological polar surface area (TPSA) is 144 Å². The van der Waals surface area contributed by atoms with Gasteiger partial charge in [-0.1, -0.05) is 0 Å². The molecule has 9 heteroatoms. The summed E-state index contributed by atoms with van der Waals surface area (Å²) >= 11 is 0. The number of nitrogens with one attached hydrogen (secondary N) is 1. The van der Waals surface area contributed by atoms with Crippen LogP contribution in [0.3, 0.4) is 0 Å². The molecule has 1 fully saturated rings. The Kier molecular flexibility index (Phi) is 3.52. The highest BCUT2D eigenvalue weighted by molar-refractivity contribution is 6.56. The summed E-state index contributed by atoms with van der Waals surface area (Å²) in [5.74, 6) is -7.21.